The average Bonchev–Trinajstić information content (AvgIpc) is 3.20. The lowest BCUT2D eigenvalue weighted by Gasteiger charge is -2.41. The number of anilines is 1. The number of fused-ring (bicyclic) bond motifs is 1. The number of thioether (sulfide) groups is 1. The van der Waals surface area contributed by atoms with Crippen molar-refractivity contribution in [1.82, 2.24) is 20.2 Å². The number of hydrogen-bond donors (Lipinski definition) is 2. The molecule has 3 atom stereocenters. The minimum Gasteiger partial charge on any atom is -0.465 e. The fourth-order valence-electron chi connectivity index (χ4n) is 5.15. The number of carbonyl (C=O) groups excluding carboxylic acids is 1. The van der Waals surface area contributed by atoms with E-state index in [0.717, 1.165) is 22.8 Å². The van der Waals surface area contributed by atoms with E-state index < -0.39 is 29.3 Å². The van der Waals surface area contributed by atoms with E-state index >= 15 is 0 Å². The summed E-state index contributed by atoms with van der Waals surface area (Å²) in [6.07, 6.45) is 0.287. The molecule has 2 aromatic rings. The second-order valence-electron chi connectivity index (χ2n) is 10.3. The Morgan fingerprint density at radius 1 is 1.22 bits per heavy atom. The summed E-state index contributed by atoms with van der Waals surface area (Å²) in [5.74, 6) is 0.224. The van der Waals surface area contributed by atoms with Crippen molar-refractivity contribution < 1.29 is 19.1 Å². The highest BCUT2D eigenvalue weighted by Crippen LogP contribution is 2.44. The third-order valence-corrected chi connectivity index (χ3v) is 8.31. The number of amides is 2. The maximum atomic E-state index is 14.4. The molecular weight excluding hydrogens is 505 g/mol. The van der Waals surface area contributed by atoms with Gasteiger partial charge < -0.3 is 20.2 Å². The van der Waals surface area contributed by atoms with E-state index in [0.29, 0.717) is 37.0 Å². The smallest absolute Gasteiger partial charge is 0.405 e. The standard InChI is InChI=1S/C25H31ClFN5O3S/c1-14-19-18(12-36-14)28-13-29-22(19)31-7-9-32(10-8-31)23(33)21(30-24(34)35)20(25(2,3)4)15-5-6-16(26)17(27)11-15/h5-6,11,13-14,20-21,30H,7-10,12H2,1-4H3,(H,34,35)/t14-,20+,21?/m0/s1. The van der Waals surface area contributed by atoms with E-state index in [-0.39, 0.29) is 10.9 Å². The molecule has 1 fully saturated rings. The van der Waals surface area contributed by atoms with Gasteiger partial charge in [-0.15, -0.1) is 11.8 Å². The van der Waals surface area contributed by atoms with Gasteiger partial charge in [0.15, 0.2) is 0 Å². The number of halogens is 2. The first-order chi connectivity index (χ1) is 17.0. The second-order valence-corrected chi connectivity index (χ2v) is 12.0. The topological polar surface area (TPSA) is 98.7 Å². The molecule has 2 aliphatic rings. The molecule has 1 aromatic heterocycles. The van der Waals surface area contributed by atoms with Gasteiger partial charge in [-0.25, -0.2) is 19.2 Å². The Hall–Kier alpha value is -2.59. The van der Waals surface area contributed by atoms with Crippen molar-refractivity contribution in [2.45, 2.75) is 50.7 Å². The normalized spacial score (nSPS) is 19.6. The van der Waals surface area contributed by atoms with Crippen LogP contribution in [0.3, 0.4) is 0 Å². The summed E-state index contributed by atoms with van der Waals surface area (Å²) in [4.78, 5) is 38.3. The van der Waals surface area contributed by atoms with Gasteiger partial charge in [-0.3, -0.25) is 4.79 Å². The van der Waals surface area contributed by atoms with Gasteiger partial charge in [0, 0.05) is 48.7 Å². The zero-order chi connectivity index (χ0) is 26.2. The third kappa shape index (κ3) is 5.39. The minimum atomic E-state index is -1.31. The molecule has 2 N–H and O–H groups in total. The Kier molecular flexibility index (Phi) is 7.66. The molecule has 1 aromatic carbocycles. The summed E-state index contributed by atoms with van der Waals surface area (Å²) in [5.41, 5.74) is 2.17. The minimum absolute atomic E-state index is 0.0273. The van der Waals surface area contributed by atoms with Crippen LogP contribution in [-0.4, -0.2) is 64.2 Å². The molecule has 0 bridgehead atoms. The van der Waals surface area contributed by atoms with Gasteiger partial charge in [-0.2, -0.15) is 0 Å². The monoisotopic (exact) mass is 535 g/mol. The van der Waals surface area contributed by atoms with Gasteiger partial charge in [0.05, 0.1) is 10.7 Å². The Bertz CT molecular complexity index is 1150. The number of nitrogens with zero attached hydrogens (tertiary/aromatic N) is 4. The summed E-state index contributed by atoms with van der Waals surface area (Å²) in [7, 11) is 0. The van der Waals surface area contributed by atoms with E-state index in [1.807, 2.05) is 32.5 Å². The largest absolute Gasteiger partial charge is 0.465 e. The highest BCUT2D eigenvalue weighted by molar-refractivity contribution is 7.99. The van der Waals surface area contributed by atoms with E-state index in [4.69, 9.17) is 11.6 Å². The first kappa shape index (κ1) is 26.5. The van der Waals surface area contributed by atoms with Gasteiger partial charge in [-0.05, 0) is 30.0 Å². The van der Waals surface area contributed by atoms with Gasteiger partial charge >= 0.3 is 6.09 Å². The van der Waals surface area contributed by atoms with Crippen LogP contribution in [0.1, 0.15) is 55.7 Å². The molecule has 0 aliphatic carbocycles. The summed E-state index contributed by atoms with van der Waals surface area (Å²) in [6.45, 7) is 9.84. The van der Waals surface area contributed by atoms with Crippen LogP contribution in [0.2, 0.25) is 5.02 Å². The van der Waals surface area contributed by atoms with Gasteiger partial charge in [0.1, 0.15) is 24.0 Å². The molecule has 8 nitrogen and oxygen atoms in total. The van der Waals surface area contributed by atoms with Crippen LogP contribution in [0, 0.1) is 11.2 Å². The first-order valence-electron chi connectivity index (χ1n) is 11.9. The molecule has 1 unspecified atom stereocenters. The van der Waals surface area contributed by atoms with Crippen LogP contribution in [0.4, 0.5) is 15.0 Å². The van der Waals surface area contributed by atoms with Crippen molar-refractivity contribution in [2.24, 2.45) is 5.41 Å². The van der Waals surface area contributed by atoms with Crippen LogP contribution in [0.25, 0.3) is 0 Å². The van der Waals surface area contributed by atoms with Gasteiger partial charge in [0.25, 0.3) is 0 Å². The molecule has 3 heterocycles. The van der Waals surface area contributed by atoms with Crippen LogP contribution in [0.15, 0.2) is 24.5 Å². The van der Waals surface area contributed by atoms with E-state index in [1.165, 1.54) is 12.1 Å². The Balaban J connectivity index is 1.57. The zero-order valence-electron chi connectivity index (χ0n) is 20.8. The number of nitrogens with one attached hydrogen (secondary N) is 1. The maximum absolute atomic E-state index is 14.4. The predicted molar refractivity (Wildman–Crippen MR) is 139 cm³/mol. The van der Waals surface area contributed by atoms with Crippen molar-refractivity contribution in [3.05, 3.63) is 52.2 Å². The van der Waals surface area contributed by atoms with Gasteiger partial charge in [0.2, 0.25) is 5.91 Å². The molecule has 194 valence electrons. The van der Waals surface area contributed by atoms with Crippen LogP contribution >= 0.6 is 23.4 Å². The lowest BCUT2D eigenvalue weighted by molar-refractivity contribution is -0.135. The van der Waals surface area contributed by atoms with Crippen molar-refractivity contribution in [2.75, 3.05) is 31.1 Å². The molecular formula is C25H31ClFN5O3S. The Morgan fingerprint density at radius 3 is 2.53 bits per heavy atom. The molecule has 0 saturated carbocycles. The Morgan fingerprint density at radius 2 is 1.92 bits per heavy atom. The lowest BCUT2D eigenvalue weighted by Crippen LogP contribution is -2.58. The van der Waals surface area contributed by atoms with Crippen molar-refractivity contribution in [3.63, 3.8) is 0 Å². The maximum Gasteiger partial charge on any atom is 0.405 e. The van der Waals surface area contributed by atoms with E-state index in [1.54, 1.807) is 17.3 Å². The molecule has 0 spiro atoms. The van der Waals surface area contributed by atoms with Crippen molar-refractivity contribution >= 4 is 41.2 Å². The summed E-state index contributed by atoms with van der Waals surface area (Å²) in [6, 6.07) is 3.28. The molecule has 36 heavy (non-hydrogen) atoms. The Labute approximate surface area is 219 Å². The number of aromatic nitrogens is 2. The fourth-order valence-corrected chi connectivity index (χ4v) is 6.31. The number of hydrogen-bond acceptors (Lipinski definition) is 6. The summed E-state index contributed by atoms with van der Waals surface area (Å²) in [5, 5.41) is 12.3. The van der Waals surface area contributed by atoms with Crippen molar-refractivity contribution in [1.29, 1.82) is 0 Å². The number of benzene rings is 1. The SMILES string of the molecule is C[C@@H]1SCc2ncnc(N3CCN(C(=O)C(NC(=O)O)[C@@H](c4ccc(Cl)c(F)c4)C(C)(C)C)CC3)c21. The highest BCUT2D eigenvalue weighted by Gasteiger charge is 2.42. The molecule has 2 amide bonds. The molecule has 2 aliphatic heterocycles. The first-order valence-corrected chi connectivity index (χ1v) is 13.3. The van der Waals surface area contributed by atoms with Crippen LogP contribution < -0.4 is 10.2 Å². The van der Waals surface area contributed by atoms with E-state index in [2.05, 4.69) is 27.1 Å². The summed E-state index contributed by atoms with van der Waals surface area (Å²) >= 11 is 7.71. The fraction of sp³-hybridized carbons (Fsp3) is 0.520. The lowest BCUT2D eigenvalue weighted by atomic mass is 9.71. The molecule has 0 radical (unpaired) electrons. The summed E-state index contributed by atoms with van der Waals surface area (Å²) < 4.78 is 14.4. The molecule has 11 heteroatoms. The third-order valence-electron chi connectivity index (χ3n) is 6.83. The van der Waals surface area contributed by atoms with Crippen LogP contribution in [0.5, 0.6) is 0 Å². The average molecular weight is 536 g/mol. The second kappa shape index (κ2) is 10.4. The van der Waals surface area contributed by atoms with E-state index in [9.17, 15) is 19.1 Å². The molecule has 4 rings (SSSR count). The van der Waals surface area contributed by atoms with Crippen molar-refractivity contribution in [3.8, 4) is 0 Å². The zero-order valence-corrected chi connectivity index (χ0v) is 22.4. The highest BCUT2D eigenvalue weighted by atomic mass is 35.5. The number of piperazine rings is 1. The van der Waals surface area contributed by atoms with Crippen LogP contribution in [-0.2, 0) is 10.5 Å². The quantitative estimate of drug-likeness (QED) is 0.573. The predicted octanol–water partition coefficient (Wildman–Crippen LogP) is 4.69. The number of carbonyl (C=O) groups is 2. The van der Waals surface area contributed by atoms with Gasteiger partial charge in [-0.1, -0.05) is 38.4 Å². The number of rotatable bonds is 5. The molecule has 1 saturated heterocycles. The number of carboxylic acid groups (broad SMARTS) is 1.